The van der Waals surface area contributed by atoms with Crippen molar-refractivity contribution in [1.82, 2.24) is 10.2 Å². The van der Waals surface area contributed by atoms with Crippen LogP contribution in [-0.2, 0) is 11.0 Å². The molecule has 1 amide bonds. The van der Waals surface area contributed by atoms with Crippen LogP contribution in [0.4, 0.5) is 18.9 Å². The summed E-state index contributed by atoms with van der Waals surface area (Å²) < 4.78 is 38.2. The quantitative estimate of drug-likeness (QED) is 0.489. The molecule has 3 aliphatic rings. The molecule has 2 saturated heterocycles. The second-order valence-electron chi connectivity index (χ2n) is 8.13. The number of likely N-dealkylation sites (tertiary alicyclic amines) is 1. The van der Waals surface area contributed by atoms with E-state index in [2.05, 4.69) is 15.6 Å². The highest BCUT2D eigenvalue weighted by Gasteiger charge is 2.40. The van der Waals surface area contributed by atoms with Crippen LogP contribution >= 0.6 is 11.8 Å². The zero-order valence-electron chi connectivity index (χ0n) is 18.0. The number of aliphatic imine (C=N–C) groups is 1. The van der Waals surface area contributed by atoms with Crippen LogP contribution in [0.2, 0.25) is 0 Å². The molecular formula is C22H23F3N6OS. The first-order chi connectivity index (χ1) is 15.6. The molecule has 174 valence electrons. The van der Waals surface area contributed by atoms with Gasteiger partial charge in [0.25, 0.3) is 0 Å². The second-order valence-corrected chi connectivity index (χ2v) is 9.18. The van der Waals surface area contributed by atoms with Crippen molar-refractivity contribution in [2.75, 3.05) is 18.4 Å². The van der Waals surface area contributed by atoms with E-state index >= 15 is 0 Å². The van der Waals surface area contributed by atoms with Crippen LogP contribution in [0.15, 0.2) is 51.1 Å². The maximum absolute atomic E-state index is 12.7. The molecule has 33 heavy (non-hydrogen) atoms. The third-order valence-electron chi connectivity index (χ3n) is 5.96. The Labute approximate surface area is 193 Å². The Morgan fingerprint density at radius 3 is 2.61 bits per heavy atom. The third kappa shape index (κ3) is 4.54. The second kappa shape index (κ2) is 8.69. The largest absolute Gasteiger partial charge is 0.416 e. The number of nitrogens with zero attached hydrogens (tertiary/aromatic N) is 2. The number of carbonyl (C=O) groups excluding carboxylic acids is 1. The van der Waals surface area contributed by atoms with Crippen LogP contribution in [0, 0.1) is 16.7 Å². The molecule has 0 aliphatic carbocycles. The van der Waals surface area contributed by atoms with Crippen molar-refractivity contribution in [2.45, 2.75) is 32.5 Å². The van der Waals surface area contributed by atoms with Crippen molar-refractivity contribution in [3.8, 4) is 0 Å². The number of anilines is 1. The molecule has 0 spiro atoms. The number of hydrogen-bond acceptors (Lipinski definition) is 7. The van der Waals surface area contributed by atoms with Crippen LogP contribution in [-0.4, -0.2) is 47.0 Å². The molecule has 0 bridgehead atoms. The van der Waals surface area contributed by atoms with Gasteiger partial charge in [-0.2, -0.15) is 13.2 Å². The fourth-order valence-corrected chi connectivity index (χ4v) is 5.20. The minimum Gasteiger partial charge on any atom is -0.357 e. The number of amides is 1. The smallest absolute Gasteiger partial charge is 0.357 e. The normalized spacial score (nSPS) is 24.0. The van der Waals surface area contributed by atoms with Gasteiger partial charge in [-0.3, -0.25) is 15.2 Å². The number of hydrogen-bond donors (Lipinski definition) is 4. The molecular weight excluding hydrogens is 453 g/mol. The van der Waals surface area contributed by atoms with E-state index in [4.69, 9.17) is 10.8 Å². The fourth-order valence-electron chi connectivity index (χ4n) is 4.03. The zero-order valence-corrected chi connectivity index (χ0v) is 18.8. The number of alkyl halides is 3. The molecule has 7 nitrogen and oxygen atoms in total. The van der Waals surface area contributed by atoms with Gasteiger partial charge in [-0.25, -0.2) is 0 Å². The maximum atomic E-state index is 12.7. The summed E-state index contributed by atoms with van der Waals surface area (Å²) in [4.78, 5) is 20.1. The topological polar surface area (TPSA) is 104 Å². The van der Waals surface area contributed by atoms with Crippen LogP contribution in [0.1, 0.15) is 25.8 Å². The zero-order chi connectivity index (χ0) is 23.9. The molecule has 0 aromatic heterocycles. The fraction of sp³-hybridized carbons (Fsp3) is 0.364. The summed E-state index contributed by atoms with van der Waals surface area (Å²) in [7, 11) is 0. The van der Waals surface area contributed by atoms with Crippen molar-refractivity contribution >= 4 is 40.5 Å². The summed E-state index contributed by atoms with van der Waals surface area (Å²) in [6.07, 6.45) is -2.24. The summed E-state index contributed by atoms with van der Waals surface area (Å²) in [6.45, 7) is 4.57. The summed E-state index contributed by atoms with van der Waals surface area (Å²) in [6, 6.07) is 4.07. The van der Waals surface area contributed by atoms with Gasteiger partial charge in [0.1, 0.15) is 11.9 Å². The van der Waals surface area contributed by atoms with Crippen molar-refractivity contribution in [1.29, 1.82) is 10.8 Å². The summed E-state index contributed by atoms with van der Waals surface area (Å²) in [5.41, 5.74) is 1.42. The van der Waals surface area contributed by atoms with Crippen LogP contribution in [0.5, 0.6) is 0 Å². The monoisotopic (exact) mass is 476 g/mol. The highest BCUT2D eigenvalue weighted by molar-refractivity contribution is 8.18. The molecule has 2 atom stereocenters. The third-order valence-corrected chi connectivity index (χ3v) is 7.02. The first-order valence-corrected chi connectivity index (χ1v) is 11.2. The van der Waals surface area contributed by atoms with E-state index in [1.165, 1.54) is 23.9 Å². The van der Waals surface area contributed by atoms with Gasteiger partial charge in [0.2, 0.25) is 5.91 Å². The molecule has 4 N–H and O–H groups in total. The first kappa shape index (κ1) is 23.1. The standard InChI is InChI=1S/C22H23F3N6OS/c1-11(12(2)26)16-17-18(33-19(16)27)20(29-10-28-17)31-8-7-13(9-31)21(32)30-15-5-3-14(4-6-15)22(23,24)25/h3-6,10,13,17,26-27H,7-9H2,1-2H3,(H,28,29)(H,30,32)/b16-11-,26-12?,27-19?. The molecule has 3 aliphatic heterocycles. The van der Waals surface area contributed by atoms with Gasteiger partial charge in [-0.1, -0.05) is 11.8 Å². The SMILES string of the molecule is CC(=N)/C(C)=C1\C(=N)SC2=C(N3CCC(C(=O)Nc4ccc(C(F)(F)F)cc4)C3)NC=NC21. The lowest BCUT2D eigenvalue weighted by Crippen LogP contribution is -2.36. The number of fused-ring (bicyclic) bond motifs is 1. The number of carbonyl (C=O) groups is 1. The molecule has 1 aromatic carbocycles. The van der Waals surface area contributed by atoms with E-state index in [1.54, 1.807) is 13.3 Å². The first-order valence-electron chi connectivity index (χ1n) is 10.3. The average Bonchev–Trinajstić information content (AvgIpc) is 3.37. The highest BCUT2D eigenvalue weighted by Crippen LogP contribution is 2.44. The van der Waals surface area contributed by atoms with Crippen molar-refractivity contribution in [3.63, 3.8) is 0 Å². The Morgan fingerprint density at radius 1 is 1.27 bits per heavy atom. The predicted molar refractivity (Wildman–Crippen MR) is 124 cm³/mol. The number of benzene rings is 1. The van der Waals surface area contributed by atoms with E-state index in [0.717, 1.165) is 34.0 Å². The minimum absolute atomic E-state index is 0.244. The highest BCUT2D eigenvalue weighted by atomic mass is 32.2. The van der Waals surface area contributed by atoms with Crippen LogP contribution in [0.25, 0.3) is 0 Å². The van der Waals surface area contributed by atoms with Gasteiger partial charge in [0.15, 0.2) is 0 Å². The Morgan fingerprint density at radius 2 is 1.97 bits per heavy atom. The Balaban J connectivity index is 1.46. The number of allylic oxidation sites excluding steroid dienone is 1. The Kier molecular flexibility index (Phi) is 6.08. The van der Waals surface area contributed by atoms with Gasteiger partial charge in [-0.15, -0.1) is 0 Å². The lowest BCUT2D eigenvalue weighted by Gasteiger charge is -2.27. The molecule has 0 radical (unpaired) electrons. The van der Waals surface area contributed by atoms with Crippen LogP contribution in [0.3, 0.4) is 0 Å². The molecule has 2 unspecified atom stereocenters. The van der Waals surface area contributed by atoms with Gasteiger partial charge in [0, 0.05) is 30.1 Å². The molecule has 0 saturated carbocycles. The number of thioether (sulfide) groups is 1. The predicted octanol–water partition coefficient (Wildman–Crippen LogP) is 4.22. The molecule has 3 heterocycles. The minimum atomic E-state index is -4.42. The molecule has 1 aromatic rings. The average molecular weight is 477 g/mol. The van der Waals surface area contributed by atoms with E-state index in [-0.39, 0.29) is 17.9 Å². The van der Waals surface area contributed by atoms with Gasteiger partial charge >= 0.3 is 6.18 Å². The Hall–Kier alpha value is -3.08. The Bertz CT molecular complexity index is 1110. The van der Waals surface area contributed by atoms with E-state index < -0.39 is 11.7 Å². The lowest BCUT2D eigenvalue weighted by atomic mass is 9.99. The number of nitrogens with one attached hydrogen (secondary N) is 4. The van der Waals surface area contributed by atoms with Crippen molar-refractivity contribution in [2.24, 2.45) is 10.9 Å². The molecule has 2 fully saturated rings. The van der Waals surface area contributed by atoms with Crippen molar-refractivity contribution in [3.05, 3.63) is 51.7 Å². The van der Waals surface area contributed by atoms with E-state index in [1.807, 2.05) is 11.8 Å². The summed E-state index contributed by atoms with van der Waals surface area (Å²) in [5, 5.41) is 22.5. The lowest BCUT2D eigenvalue weighted by molar-refractivity contribution is -0.137. The number of halogens is 3. The molecule has 11 heteroatoms. The van der Waals surface area contributed by atoms with Gasteiger partial charge < -0.3 is 20.9 Å². The maximum Gasteiger partial charge on any atom is 0.416 e. The summed E-state index contributed by atoms with van der Waals surface area (Å²) >= 11 is 1.31. The van der Waals surface area contributed by atoms with Crippen LogP contribution < -0.4 is 10.6 Å². The van der Waals surface area contributed by atoms with Crippen molar-refractivity contribution < 1.29 is 18.0 Å². The van der Waals surface area contributed by atoms with Gasteiger partial charge in [-0.05, 0) is 50.1 Å². The van der Waals surface area contributed by atoms with Gasteiger partial charge in [0.05, 0.1) is 27.8 Å². The van der Waals surface area contributed by atoms with E-state index in [9.17, 15) is 18.0 Å². The molecule has 4 rings (SSSR count). The summed E-state index contributed by atoms with van der Waals surface area (Å²) in [5.74, 6) is 0.234. The number of rotatable bonds is 4. The van der Waals surface area contributed by atoms with E-state index in [0.29, 0.717) is 36.0 Å².